The van der Waals surface area contributed by atoms with Gasteiger partial charge in [-0.3, -0.25) is 4.79 Å². The maximum atomic E-state index is 14.4. The largest absolute Gasteiger partial charge is 0.508 e. The van der Waals surface area contributed by atoms with E-state index in [1.165, 1.54) is 37.7 Å². The molecule has 1 unspecified atom stereocenters. The summed E-state index contributed by atoms with van der Waals surface area (Å²) in [5.41, 5.74) is 3.34. The summed E-state index contributed by atoms with van der Waals surface area (Å²) < 4.78 is 14.4. The Morgan fingerprint density at radius 2 is 1.73 bits per heavy atom. The summed E-state index contributed by atoms with van der Waals surface area (Å²) in [5.74, 6) is 1.32. The van der Waals surface area contributed by atoms with Gasteiger partial charge in [0.25, 0.3) is 0 Å². The molecule has 5 rings (SSSR count). The first-order valence-electron chi connectivity index (χ1n) is 15.8. The second kappa shape index (κ2) is 13.4. The van der Waals surface area contributed by atoms with Gasteiger partial charge in [-0.15, -0.1) is 0 Å². The molecule has 0 radical (unpaired) electrons. The van der Waals surface area contributed by atoms with Gasteiger partial charge in [0.05, 0.1) is 0 Å². The molecule has 3 fully saturated rings. The lowest BCUT2D eigenvalue weighted by Gasteiger charge is -2.36. The summed E-state index contributed by atoms with van der Waals surface area (Å²) in [4.78, 5) is 20.8. The second-order valence-electron chi connectivity index (χ2n) is 12.6. The summed E-state index contributed by atoms with van der Waals surface area (Å²) in [5, 5.41) is 9.90. The van der Waals surface area contributed by atoms with Crippen LogP contribution in [0.4, 0.5) is 10.1 Å². The number of halogens is 1. The van der Waals surface area contributed by atoms with Gasteiger partial charge in [-0.2, -0.15) is 0 Å². The maximum absolute atomic E-state index is 14.4. The number of aromatic hydroxyl groups is 1. The Balaban J connectivity index is 1.28. The topological polar surface area (TPSA) is 47.0 Å². The Kier molecular flexibility index (Phi) is 9.67. The molecule has 6 heteroatoms. The standard InChI is InChI=1S/C34H48FN3O2/c1-3-36(30-7-5-4-6-8-30)24-28(26-9-12-31(39)13-10-26)21-34(40)38-20-17-27(23-38)32-14-11-29(35)22-33(32)37-18-15-25(2)16-19-37/h9-14,22,25,27-28,30,39H,3-8,15-21,23-24H2,1-2H3/t27?,28-/m0/s1. The fourth-order valence-corrected chi connectivity index (χ4v) is 7.27. The molecule has 2 heterocycles. The molecule has 1 N–H and O–H groups in total. The first kappa shape index (κ1) is 28.9. The Morgan fingerprint density at radius 3 is 2.42 bits per heavy atom. The number of carbonyl (C=O) groups is 1. The Hall–Kier alpha value is -2.60. The van der Waals surface area contributed by atoms with Crippen LogP contribution in [0.25, 0.3) is 0 Å². The van der Waals surface area contributed by atoms with Gasteiger partial charge in [0.1, 0.15) is 11.6 Å². The highest BCUT2D eigenvalue weighted by Crippen LogP contribution is 2.37. The monoisotopic (exact) mass is 549 g/mol. The Labute approximate surface area is 240 Å². The highest BCUT2D eigenvalue weighted by Gasteiger charge is 2.33. The number of benzene rings is 2. The molecule has 40 heavy (non-hydrogen) atoms. The number of carbonyl (C=O) groups excluding carboxylic acids is 1. The van der Waals surface area contributed by atoms with Gasteiger partial charge in [-0.25, -0.2) is 4.39 Å². The summed E-state index contributed by atoms with van der Waals surface area (Å²) in [6, 6.07) is 13.3. The fourth-order valence-electron chi connectivity index (χ4n) is 7.27. The van der Waals surface area contributed by atoms with E-state index in [9.17, 15) is 14.3 Å². The van der Waals surface area contributed by atoms with Crippen molar-refractivity contribution in [2.24, 2.45) is 5.92 Å². The molecule has 1 amide bonds. The predicted molar refractivity (Wildman–Crippen MR) is 161 cm³/mol. The van der Waals surface area contributed by atoms with Gasteiger partial charge in [0.2, 0.25) is 5.91 Å². The van der Waals surface area contributed by atoms with Crippen LogP contribution in [0.15, 0.2) is 42.5 Å². The van der Waals surface area contributed by atoms with Crippen LogP contribution in [0, 0.1) is 11.7 Å². The number of hydrogen-bond acceptors (Lipinski definition) is 4. The number of phenolic OH excluding ortho intramolecular Hbond substituents is 1. The number of likely N-dealkylation sites (tertiary alicyclic amines) is 1. The van der Waals surface area contributed by atoms with Gasteiger partial charge in [0.15, 0.2) is 0 Å². The van der Waals surface area contributed by atoms with E-state index in [1.54, 1.807) is 24.3 Å². The molecule has 2 aromatic rings. The zero-order chi connectivity index (χ0) is 28.1. The lowest BCUT2D eigenvalue weighted by molar-refractivity contribution is -0.130. The van der Waals surface area contributed by atoms with Crippen molar-refractivity contribution in [3.8, 4) is 5.75 Å². The molecule has 0 aromatic heterocycles. The minimum absolute atomic E-state index is 0.0887. The summed E-state index contributed by atoms with van der Waals surface area (Å²) in [7, 11) is 0. The van der Waals surface area contributed by atoms with E-state index in [0.29, 0.717) is 19.0 Å². The number of hydrogen-bond donors (Lipinski definition) is 1. The normalized spacial score (nSPS) is 21.8. The van der Waals surface area contributed by atoms with Crippen LogP contribution in [0.1, 0.15) is 94.6 Å². The smallest absolute Gasteiger partial charge is 0.223 e. The zero-order valence-corrected chi connectivity index (χ0v) is 24.5. The predicted octanol–water partition coefficient (Wildman–Crippen LogP) is 6.91. The van der Waals surface area contributed by atoms with E-state index in [-0.39, 0.29) is 29.3 Å². The highest BCUT2D eigenvalue weighted by atomic mass is 19.1. The van der Waals surface area contributed by atoms with Crippen LogP contribution in [0.5, 0.6) is 5.75 Å². The Bertz CT molecular complexity index is 1110. The first-order chi connectivity index (χ1) is 19.4. The molecule has 218 valence electrons. The number of phenols is 1. The molecule has 2 atom stereocenters. The van der Waals surface area contributed by atoms with Gasteiger partial charge in [-0.05, 0) is 80.0 Å². The van der Waals surface area contributed by atoms with E-state index in [2.05, 4.69) is 23.6 Å². The highest BCUT2D eigenvalue weighted by molar-refractivity contribution is 5.78. The van der Waals surface area contributed by atoms with Crippen molar-refractivity contribution in [1.29, 1.82) is 0 Å². The average Bonchev–Trinajstić information content (AvgIpc) is 3.47. The third-order valence-corrected chi connectivity index (χ3v) is 9.84. The third-order valence-electron chi connectivity index (χ3n) is 9.84. The molecule has 1 aliphatic carbocycles. The molecular formula is C34H48FN3O2. The number of piperidine rings is 1. The number of rotatable bonds is 9. The van der Waals surface area contributed by atoms with Crippen molar-refractivity contribution < 1.29 is 14.3 Å². The molecule has 1 saturated carbocycles. The molecule has 0 bridgehead atoms. The number of anilines is 1. The van der Waals surface area contributed by atoms with E-state index in [4.69, 9.17) is 0 Å². The maximum Gasteiger partial charge on any atom is 0.223 e. The molecule has 3 aliphatic rings. The minimum Gasteiger partial charge on any atom is -0.508 e. The summed E-state index contributed by atoms with van der Waals surface area (Å²) in [6.45, 7) is 9.77. The van der Waals surface area contributed by atoms with Crippen LogP contribution in [-0.2, 0) is 4.79 Å². The molecule has 2 aliphatic heterocycles. The zero-order valence-electron chi connectivity index (χ0n) is 24.5. The first-order valence-corrected chi connectivity index (χ1v) is 15.8. The van der Waals surface area contributed by atoms with Crippen LogP contribution in [0.2, 0.25) is 0 Å². The lowest BCUT2D eigenvalue weighted by Crippen LogP contribution is -2.40. The molecule has 2 aromatic carbocycles. The van der Waals surface area contributed by atoms with Crippen molar-refractivity contribution in [2.45, 2.75) is 89.5 Å². The molecule has 5 nitrogen and oxygen atoms in total. The lowest BCUT2D eigenvalue weighted by atomic mass is 9.90. The van der Waals surface area contributed by atoms with Crippen molar-refractivity contribution in [3.05, 3.63) is 59.4 Å². The Morgan fingerprint density at radius 1 is 1.00 bits per heavy atom. The fraction of sp³-hybridized carbons (Fsp3) is 0.618. The van der Waals surface area contributed by atoms with Crippen molar-refractivity contribution in [2.75, 3.05) is 44.2 Å². The minimum atomic E-state index is -0.182. The number of nitrogens with zero attached hydrogens (tertiary/aromatic N) is 3. The molecular weight excluding hydrogens is 501 g/mol. The van der Waals surface area contributed by atoms with E-state index in [1.807, 2.05) is 23.1 Å². The number of likely N-dealkylation sites (N-methyl/N-ethyl adjacent to an activating group) is 1. The second-order valence-corrected chi connectivity index (χ2v) is 12.6. The summed E-state index contributed by atoms with van der Waals surface area (Å²) >= 11 is 0. The van der Waals surface area contributed by atoms with Gasteiger partial charge < -0.3 is 19.8 Å². The number of amides is 1. The van der Waals surface area contributed by atoms with Crippen LogP contribution in [-0.4, -0.2) is 66.1 Å². The van der Waals surface area contributed by atoms with Crippen LogP contribution in [0.3, 0.4) is 0 Å². The third kappa shape index (κ3) is 6.99. The van der Waals surface area contributed by atoms with E-state index < -0.39 is 0 Å². The van der Waals surface area contributed by atoms with Gasteiger partial charge in [-0.1, -0.05) is 51.3 Å². The van der Waals surface area contributed by atoms with Gasteiger partial charge >= 0.3 is 0 Å². The SMILES string of the molecule is CCN(C[C@H](CC(=O)N1CCC(c2ccc(F)cc2N2CCC(C)CC2)C1)c1ccc(O)cc1)C1CCCCC1. The summed E-state index contributed by atoms with van der Waals surface area (Å²) in [6.07, 6.45) is 10.1. The average molecular weight is 550 g/mol. The van der Waals surface area contributed by atoms with Crippen LogP contribution >= 0.6 is 0 Å². The van der Waals surface area contributed by atoms with Crippen LogP contribution < -0.4 is 4.90 Å². The molecule has 0 spiro atoms. The van der Waals surface area contributed by atoms with Gasteiger partial charge in [0, 0.05) is 62.7 Å². The van der Waals surface area contributed by atoms with Crippen molar-refractivity contribution in [3.63, 3.8) is 0 Å². The van der Waals surface area contributed by atoms with Crippen molar-refractivity contribution >= 4 is 11.6 Å². The van der Waals surface area contributed by atoms with Crippen molar-refractivity contribution in [1.82, 2.24) is 9.80 Å². The van der Waals surface area contributed by atoms with E-state index >= 15 is 0 Å². The quantitative estimate of drug-likeness (QED) is 0.369. The molecule has 2 saturated heterocycles. The van der Waals surface area contributed by atoms with E-state index in [0.717, 1.165) is 69.2 Å².